The van der Waals surface area contributed by atoms with Crippen molar-refractivity contribution >= 4 is 21.8 Å². The fourth-order valence-corrected chi connectivity index (χ4v) is 7.14. The van der Waals surface area contributed by atoms with Crippen LogP contribution in [0.25, 0.3) is 0 Å². The van der Waals surface area contributed by atoms with Crippen LogP contribution in [-0.2, 0) is 29.0 Å². The van der Waals surface area contributed by atoms with Gasteiger partial charge in [-0.3, -0.25) is 4.79 Å². The number of ether oxygens (including phenoxy) is 2. The molecule has 2 heterocycles. The molecular formula is C30H41N3O7S. The fraction of sp³-hybridized carbons (Fsp3) is 0.533. The highest BCUT2D eigenvalue weighted by Gasteiger charge is 2.49. The smallest absolute Gasteiger partial charge is 0.317 e. The number of carbonyl (C=O) groups excluding carboxylic acids is 2. The van der Waals surface area contributed by atoms with Crippen LogP contribution < -0.4 is 15.5 Å². The Bertz CT molecular complexity index is 1300. The molecule has 2 saturated heterocycles. The monoisotopic (exact) mass is 587 g/mol. The molecule has 2 atom stereocenters. The molecule has 0 aromatic heterocycles. The maximum atomic E-state index is 14.0. The standard InChI is InChI=1S/C30H41N3O7S/c1-22-8-12-24(13-9-22)39-25-14-10-23(11-15-25)30(21-26(34)32-40-27-7-5-6-19-38-27)16-17-33(18-20-41(30,36)37)28(35)31-29(2,3)4/h8-15,27H,5-7,16-21H2,1-4H3,(H,31,35)(H,32,34). The lowest BCUT2D eigenvalue weighted by molar-refractivity contribution is -0.200. The third-order valence-corrected chi connectivity index (χ3v) is 9.80. The van der Waals surface area contributed by atoms with E-state index in [4.69, 9.17) is 14.3 Å². The van der Waals surface area contributed by atoms with Gasteiger partial charge >= 0.3 is 6.03 Å². The Morgan fingerprint density at radius 3 is 2.29 bits per heavy atom. The van der Waals surface area contributed by atoms with Crippen LogP contribution in [0.4, 0.5) is 4.79 Å². The summed E-state index contributed by atoms with van der Waals surface area (Å²) in [5.74, 6) is 0.330. The second-order valence-electron chi connectivity index (χ2n) is 11.8. The maximum Gasteiger partial charge on any atom is 0.317 e. The van der Waals surface area contributed by atoms with Crippen molar-refractivity contribution in [1.29, 1.82) is 0 Å². The van der Waals surface area contributed by atoms with Crippen LogP contribution in [0.15, 0.2) is 48.5 Å². The van der Waals surface area contributed by atoms with Crippen LogP contribution >= 0.6 is 0 Å². The Hall–Kier alpha value is -3.15. The molecule has 2 aliphatic heterocycles. The van der Waals surface area contributed by atoms with Gasteiger partial charge in [0.05, 0.1) is 12.2 Å². The first-order chi connectivity index (χ1) is 19.4. The average molecular weight is 588 g/mol. The van der Waals surface area contributed by atoms with Crippen molar-refractivity contribution < 1.29 is 32.3 Å². The van der Waals surface area contributed by atoms with Crippen molar-refractivity contribution in [3.05, 3.63) is 59.7 Å². The Labute approximate surface area is 242 Å². The summed E-state index contributed by atoms with van der Waals surface area (Å²) >= 11 is 0. The molecule has 0 bridgehead atoms. The van der Waals surface area contributed by atoms with Crippen molar-refractivity contribution in [2.24, 2.45) is 0 Å². The van der Waals surface area contributed by atoms with Gasteiger partial charge in [0.25, 0.3) is 0 Å². The maximum absolute atomic E-state index is 14.0. The Morgan fingerprint density at radius 1 is 1.02 bits per heavy atom. The highest BCUT2D eigenvalue weighted by molar-refractivity contribution is 7.92. The minimum Gasteiger partial charge on any atom is -0.457 e. The molecule has 224 valence electrons. The molecule has 0 aliphatic carbocycles. The summed E-state index contributed by atoms with van der Waals surface area (Å²) in [7, 11) is -3.91. The molecule has 2 aromatic carbocycles. The lowest BCUT2D eigenvalue weighted by Gasteiger charge is -2.33. The Balaban J connectivity index is 1.60. The quantitative estimate of drug-likeness (QED) is 0.455. The topological polar surface area (TPSA) is 123 Å². The zero-order valence-corrected chi connectivity index (χ0v) is 25.1. The van der Waals surface area contributed by atoms with Gasteiger partial charge in [0.2, 0.25) is 5.91 Å². The minimum atomic E-state index is -3.91. The van der Waals surface area contributed by atoms with Gasteiger partial charge in [0.1, 0.15) is 16.2 Å². The number of hydroxylamine groups is 1. The molecule has 2 N–H and O–H groups in total. The number of nitrogens with zero attached hydrogens (tertiary/aromatic N) is 1. The lowest BCUT2D eigenvalue weighted by atomic mass is 9.90. The van der Waals surface area contributed by atoms with E-state index in [1.54, 1.807) is 24.3 Å². The summed E-state index contributed by atoms with van der Waals surface area (Å²) in [4.78, 5) is 33.1. The number of carbonyl (C=O) groups is 2. The summed E-state index contributed by atoms with van der Waals surface area (Å²) in [6.07, 6.45) is 1.60. The predicted octanol–water partition coefficient (Wildman–Crippen LogP) is 4.58. The van der Waals surface area contributed by atoms with E-state index in [-0.39, 0.29) is 37.7 Å². The van der Waals surface area contributed by atoms with Gasteiger partial charge in [-0.2, -0.15) is 0 Å². The number of hydrogen-bond donors (Lipinski definition) is 2. The van der Waals surface area contributed by atoms with Crippen LogP contribution in [0.5, 0.6) is 11.5 Å². The van der Waals surface area contributed by atoms with Crippen molar-refractivity contribution in [2.75, 3.05) is 25.4 Å². The molecule has 2 aliphatic rings. The molecule has 41 heavy (non-hydrogen) atoms. The van der Waals surface area contributed by atoms with Gasteiger partial charge < -0.3 is 19.7 Å². The third-order valence-electron chi connectivity index (χ3n) is 7.31. The zero-order valence-electron chi connectivity index (χ0n) is 24.3. The van der Waals surface area contributed by atoms with Crippen molar-refractivity contribution in [1.82, 2.24) is 15.7 Å². The van der Waals surface area contributed by atoms with Gasteiger partial charge in [-0.25, -0.2) is 23.5 Å². The number of amides is 3. The number of rotatable bonds is 7. The average Bonchev–Trinajstić information content (AvgIpc) is 3.05. The summed E-state index contributed by atoms with van der Waals surface area (Å²) in [6.45, 7) is 8.31. The van der Waals surface area contributed by atoms with Crippen molar-refractivity contribution in [3.63, 3.8) is 0 Å². The van der Waals surface area contributed by atoms with Crippen molar-refractivity contribution in [3.8, 4) is 11.5 Å². The highest BCUT2D eigenvalue weighted by atomic mass is 32.2. The van der Waals surface area contributed by atoms with Crippen LogP contribution in [0.2, 0.25) is 0 Å². The van der Waals surface area contributed by atoms with Gasteiger partial charge in [-0.05, 0) is 76.8 Å². The number of urea groups is 1. The first-order valence-electron chi connectivity index (χ1n) is 14.1. The van der Waals surface area contributed by atoms with Crippen LogP contribution in [0.1, 0.15) is 64.0 Å². The number of nitrogens with one attached hydrogen (secondary N) is 2. The SMILES string of the molecule is Cc1ccc(Oc2ccc(C3(CC(=O)NOC4CCCCO4)CCN(C(=O)NC(C)(C)C)CCS3(=O)=O)cc2)cc1. The lowest BCUT2D eigenvalue weighted by Crippen LogP contribution is -2.49. The Morgan fingerprint density at radius 2 is 1.68 bits per heavy atom. The summed E-state index contributed by atoms with van der Waals surface area (Å²) < 4.78 is 37.9. The number of sulfone groups is 1. The summed E-state index contributed by atoms with van der Waals surface area (Å²) in [5, 5.41) is 2.91. The molecular weight excluding hydrogens is 546 g/mol. The Kier molecular flexibility index (Phi) is 9.61. The first kappa shape index (κ1) is 30.8. The molecule has 2 unspecified atom stereocenters. The van der Waals surface area contributed by atoms with Crippen LogP contribution in [0.3, 0.4) is 0 Å². The second kappa shape index (κ2) is 12.8. The van der Waals surface area contributed by atoms with E-state index >= 15 is 0 Å². The summed E-state index contributed by atoms with van der Waals surface area (Å²) in [5.41, 5.74) is 3.50. The number of aryl methyl sites for hydroxylation is 1. The normalized spacial score (nSPS) is 22.8. The summed E-state index contributed by atoms with van der Waals surface area (Å²) in [6, 6.07) is 14.0. The molecule has 2 fully saturated rings. The van der Waals surface area contributed by atoms with E-state index < -0.39 is 32.3 Å². The van der Waals surface area contributed by atoms with E-state index in [2.05, 4.69) is 10.8 Å². The fourth-order valence-electron chi connectivity index (χ4n) is 5.04. The van der Waals surface area contributed by atoms with E-state index in [1.807, 2.05) is 52.0 Å². The first-order valence-corrected chi connectivity index (χ1v) is 15.7. The molecule has 0 spiro atoms. The molecule has 3 amide bonds. The van der Waals surface area contributed by atoms with Gasteiger partial charge in [0.15, 0.2) is 16.1 Å². The molecule has 0 radical (unpaired) electrons. The number of hydrogen-bond acceptors (Lipinski definition) is 7. The second-order valence-corrected chi connectivity index (χ2v) is 14.2. The molecule has 11 heteroatoms. The predicted molar refractivity (Wildman–Crippen MR) is 155 cm³/mol. The molecule has 10 nitrogen and oxygen atoms in total. The van der Waals surface area contributed by atoms with E-state index in [1.165, 1.54) is 4.90 Å². The van der Waals surface area contributed by atoms with E-state index in [0.717, 1.165) is 18.4 Å². The van der Waals surface area contributed by atoms with Gasteiger partial charge in [0, 0.05) is 31.7 Å². The molecule has 0 saturated carbocycles. The molecule has 4 rings (SSSR count). The van der Waals surface area contributed by atoms with Gasteiger partial charge in [-0.15, -0.1) is 0 Å². The van der Waals surface area contributed by atoms with E-state index in [9.17, 15) is 18.0 Å². The van der Waals surface area contributed by atoms with Crippen molar-refractivity contribution in [2.45, 2.75) is 76.4 Å². The third kappa shape index (κ3) is 7.99. The number of benzene rings is 2. The van der Waals surface area contributed by atoms with E-state index in [0.29, 0.717) is 30.1 Å². The molecule has 2 aromatic rings. The zero-order chi connectivity index (χ0) is 29.7. The van der Waals surface area contributed by atoms with Gasteiger partial charge in [-0.1, -0.05) is 29.8 Å². The van der Waals surface area contributed by atoms with Crippen LogP contribution in [0, 0.1) is 6.92 Å². The minimum absolute atomic E-state index is 0.0225. The van der Waals surface area contributed by atoms with Crippen LogP contribution in [-0.4, -0.2) is 62.5 Å². The largest absolute Gasteiger partial charge is 0.457 e. The highest BCUT2D eigenvalue weighted by Crippen LogP contribution is 2.41.